The molecule has 0 aliphatic carbocycles. The van der Waals surface area contributed by atoms with Crippen LogP contribution in [0.25, 0.3) is 11.2 Å². The minimum Gasteiger partial charge on any atom is -0.454 e. The van der Waals surface area contributed by atoms with Gasteiger partial charge in [-0.1, -0.05) is 6.07 Å². The third-order valence-corrected chi connectivity index (χ3v) is 4.52. The molecule has 0 fully saturated rings. The van der Waals surface area contributed by atoms with Crippen LogP contribution in [0, 0.1) is 13.8 Å². The zero-order chi connectivity index (χ0) is 18.5. The second-order valence-corrected chi connectivity index (χ2v) is 6.43. The number of pyridine rings is 1. The molecule has 26 heavy (non-hydrogen) atoms. The number of nitrogens with zero attached hydrogens (tertiary/aromatic N) is 3. The number of rotatable bonds is 6. The van der Waals surface area contributed by atoms with Crippen LogP contribution >= 0.6 is 11.3 Å². The molecule has 6 nitrogen and oxygen atoms in total. The molecule has 0 aromatic carbocycles. The Morgan fingerprint density at radius 2 is 2.08 bits per heavy atom. The van der Waals surface area contributed by atoms with Crippen LogP contribution in [0.1, 0.15) is 27.4 Å². The average Bonchev–Trinajstić information content (AvgIpc) is 3.26. The molecule has 0 radical (unpaired) electrons. The summed E-state index contributed by atoms with van der Waals surface area (Å²) in [6.07, 6.45) is 6.15. The zero-order valence-corrected chi connectivity index (χ0v) is 15.2. The number of carbonyl (C=O) groups excluding carboxylic acids is 2. The first kappa shape index (κ1) is 17.8. The van der Waals surface area contributed by atoms with Crippen LogP contribution < -0.4 is 0 Å². The minimum absolute atomic E-state index is 0.250. The van der Waals surface area contributed by atoms with Crippen molar-refractivity contribution >= 4 is 29.2 Å². The molecule has 0 saturated carbocycles. The predicted octanol–water partition coefficient (Wildman–Crippen LogP) is 3.38. The van der Waals surface area contributed by atoms with Gasteiger partial charge in [-0.2, -0.15) is 0 Å². The van der Waals surface area contributed by atoms with Crippen LogP contribution in [0.4, 0.5) is 0 Å². The van der Waals surface area contributed by atoms with Crippen molar-refractivity contribution in [1.82, 2.24) is 14.5 Å². The fourth-order valence-electron chi connectivity index (χ4n) is 2.56. The van der Waals surface area contributed by atoms with Crippen LogP contribution in [0.5, 0.6) is 0 Å². The van der Waals surface area contributed by atoms with Crippen LogP contribution in [0.2, 0.25) is 0 Å². The molecule has 0 amide bonds. The highest BCUT2D eigenvalue weighted by atomic mass is 32.1. The largest absolute Gasteiger partial charge is 0.454 e. The summed E-state index contributed by atoms with van der Waals surface area (Å²) >= 11 is 1.49. The second-order valence-electron chi connectivity index (χ2n) is 5.55. The second kappa shape index (κ2) is 7.88. The van der Waals surface area contributed by atoms with E-state index in [1.54, 1.807) is 36.7 Å². The van der Waals surface area contributed by atoms with Gasteiger partial charge in [-0.15, -0.1) is 11.3 Å². The van der Waals surface area contributed by atoms with Gasteiger partial charge >= 0.3 is 5.97 Å². The van der Waals surface area contributed by atoms with Crippen molar-refractivity contribution in [3.8, 4) is 5.13 Å². The Hall–Kier alpha value is -3.06. The van der Waals surface area contributed by atoms with Crippen molar-refractivity contribution in [1.29, 1.82) is 0 Å². The molecule has 0 unspecified atom stereocenters. The highest BCUT2D eigenvalue weighted by Crippen LogP contribution is 2.22. The van der Waals surface area contributed by atoms with Crippen LogP contribution in [0.15, 0.2) is 48.1 Å². The summed E-state index contributed by atoms with van der Waals surface area (Å²) in [7, 11) is 0. The molecule has 3 aromatic heterocycles. The molecule has 132 valence electrons. The van der Waals surface area contributed by atoms with Crippen LogP contribution in [-0.4, -0.2) is 32.9 Å². The van der Waals surface area contributed by atoms with Crippen LogP contribution in [0.3, 0.4) is 0 Å². The van der Waals surface area contributed by atoms with Gasteiger partial charge in [-0.25, -0.2) is 9.78 Å². The van der Waals surface area contributed by atoms with Gasteiger partial charge < -0.3 is 4.74 Å². The standard InChI is InChI=1S/C19H17N3O3S/c1-13-11-16(14(2)22(13)19-21-9-10-26-19)17(23)12-25-18(24)7-6-15-5-3-4-8-20-15/h3-11H,12H2,1-2H3. The Morgan fingerprint density at radius 3 is 2.77 bits per heavy atom. The number of hydrogen-bond donors (Lipinski definition) is 0. The molecule has 0 bridgehead atoms. The fourth-order valence-corrected chi connectivity index (χ4v) is 3.31. The molecular weight excluding hydrogens is 350 g/mol. The summed E-state index contributed by atoms with van der Waals surface area (Å²) in [5.74, 6) is -0.835. The molecule has 0 aliphatic heterocycles. The summed E-state index contributed by atoms with van der Waals surface area (Å²) in [4.78, 5) is 32.6. The van der Waals surface area contributed by atoms with E-state index in [4.69, 9.17) is 4.74 Å². The molecule has 3 heterocycles. The first-order valence-electron chi connectivity index (χ1n) is 7.94. The van der Waals surface area contributed by atoms with Crippen molar-refractivity contribution in [2.24, 2.45) is 0 Å². The van der Waals surface area contributed by atoms with Gasteiger partial charge in [0.1, 0.15) is 0 Å². The van der Waals surface area contributed by atoms with Crippen molar-refractivity contribution in [2.75, 3.05) is 6.61 Å². The number of aromatic nitrogens is 3. The first-order valence-corrected chi connectivity index (χ1v) is 8.82. The van der Waals surface area contributed by atoms with E-state index in [2.05, 4.69) is 9.97 Å². The zero-order valence-electron chi connectivity index (χ0n) is 14.4. The van der Waals surface area contributed by atoms with Crippen molar-refractivity contribution < 1.29 is 14.3 Å². The normalized spacial score (nSPS) is 11.0. The van der Waals surface area contributed by atoms with E-state index in [0.717, 1.165) is 16.5 Å². The van der Waals surface area contributed by atoms with Gasteiger partial charge in [-0.05, 0) is 38.1 Å². The lowest BCUT2D eigenvalue weighted by atomic mass is 10.1. The van der Waals surface area contributed by atoms with E-state index >= 15 is 0 Å². The Morgan fingerprint density at radius 1 is 1.23 bits per heavy atom. The molecule has 0 saturated heterocycles. The van der Waals surface area contributed by atoms with Gasteiger partial charge in [0.05, 0.1) is 5.69 Å². The van der Waals surface area contributed by atoms with E-state index < -0.39 is 5.97 Å². The highest BCUT2D eigenvalue weighted by molar-refractivity contribution is 7.12. The van der Waals surface area contributed by atoms with Gasteiger partial charge in [0.15, 0.2) is 11.7 Å². The van der Waals surface area contributed by atoms with Gasteiger partial charge in [-0.3, -0.25) is 14.3 Å². The summed E-state index contributed by atoms with van der Waals surface area (Å²) in [6, 6.07) is 7.16. The number of ketones is 1. The summed E-state index contributed by atoms with van der Waals surface area (Å²) < 4.78 is 6.97. The SMILES string of the molecule is Cc1cc(C(=O)COC(=O)C=Cc2ccccn2)c(C)n1-c1nccs1. The summed E-state index contributed by atoms with van der Waals surface area (Å²) in [6.45, 7) is 3.45. The Bertz CT molecular complexity index is 944. The van der Waals surface area contributed by atoms with Crippen molar-refractivity contribution in [3.63, 3.8) is 0 Å². The molecular formula is C19H17N3O3S. The quantitative estimate of drug-likeness (QED) is 0.379. The minimum atomic E-state index is -0.585. The number of carbonyl (C=O) groups is 2. The van der Waals surface area contributed by atoms with Gasteiger partial charge in [0, 0.05) is 40.8 Å². The molecule has 3 rings (SSSR count). The third-order valence-electron chi connectivity index (χ3n) is 3.77. The maximum atomic E-state index is 12.4. The lowest BCUT2D eigenvalue weighted by Crippen LogP contribution is -2.13. The molecule has 7 heteroatoms. The van der Waals surface area contributed by atoms with E-state index in [0.29, 0.717) is 11.3 Å². The monoisotopic (exact) mass is 367 g/mol. The lowest BCUT2D eigenvalue weighted by molar-refractivity contribution is -0.136. The Labute approximate surface area is 154 Å². The fraction of sp³-hybridized carbons (Fsp3) is 0.158. The highest BCUT2D eigenvalue weighted by Gasteiger charge is 2.18. The summed E-state index contributed by atoms with van der Waals surface area (Å²) in [5, 5.41) is 2.68. The molecule has 0 atom stereocenters. The van der Waals surface area contributed by atoms with Gasteiger partial charge in [0.25, 0.3) is 0 Å². The topological polar surface area (TPSA) is 74.1 Å². The average molecular weight is 367 g/mol. The maximum absolute atomic E-state index is 12.4. The van der Waals surface area contributed by atoms with Crippen molar-refractivity contribution in [3.05, 3.63) is 70.8 Å². The molecule has 0 spiro atoms. The lowest BCUT2D eigenvalue weighted by Gasteiger charge is -2.05. The smallest absolute Gasteiger partial charge is 0.331 e. The Kier molecular flexibility index (Phi) is 5.38. The number of Topliss-reactive ketones (excluding diaryl/α,β-unsaturated/α-hetero) is 1. The summed E-state index contributed by atoms with van der Waals surface area (Å²) in [5.41, 5.74) is 2.85. The van der Waals surface area contributed by atoms with E-state index in [1.165, 1.54) is 17.4 Å². The van der Waals surface area contributed by atoms with Crippen LogP contribution in [-0.2, 0) is 9.53 Å². The third kappa shape index (κ3) is 3.94. The number of hydrogen-bond acceptors (Lipinski definition) is 6. The number of thiazole rings is 1. The number of aryl methyl sites for hydroxylation is 1. The maximum Gasteiger partial charge on any atom is 0.331 e. The van der Waals surface area contributed by atoms with Gasteiger partial charge in [0.2, 0.25) is 5.78 Å². The van der Waals surface area contributed by atoms with E-state index in [9.17, 15) is 9.59 Å². The molecule has 0 N–H and O–H groups in total. The number of ether oxygens (including phenoxy) is 1. The molecule has 0 aliphatic rings. The molecule has 3 aromatic rings. The van der Waals surface area contributed by atoms with E-state index in [-0.39, 0.29) is 12.4 Å². The number of esters is 1. The Balaban J connectivity index is 1.65. The first-order chi connectivity index (χ1) is 12.6. The van der Waals surface area contributed by atoms with Crippen molar-refractivity contribution in [2.45, 2.75) is 13.8 Å². The van der Waals surface area contributed by atoms with E-state index in [1.807, 2.05) is 29.9 Å². The predicted molar refractivity (Wildman–Crippen MR) is 99.5 cm³/mol.